The van der Waals surface area contributed by atoms with E-state index in [1.807, 2.05) is 19.1 Å². The number of amides is 1. The summed E-state index contributed by atoms with van der Waals surface area (Å²) in [4.78, 5) is 30.4. The van der Waals surface area contributed by atoms with Gasteiger partial charge in [-0.3, -0.25) is 4.79 Å². The number of carbonyl (C=O) groups is 1. The molecule has 0 aliphatic heterocycles. The third-order valence-corrected chi connectivity index (χ3v) is 3.93. The molecular formula is C18H21N5O. The van der Waals surface area contributed by atoms with Crippen molar-refractivity contribution in [3.8, 4) is 0 Å². The van der Waals surface area contributed by atoms with Gasteiger partial charge in [-0.2, -0.15) is 0 Å². The van der Waals surface area contributed by atoms with Crippen LogP contribution in [0.1, 0.15) is 40.8 Å². The number of benzene rings is 1. The minimum Gasteiger partial charge on any atom is -0.340 e. The van der Waals surface area contributed by atoms with Gasteiger partial charge < -0.3 is 9.88 Å². The van der Waals surface area contributed by atoms with Gasteiger partial charge in [0.2, 0.25) is 0 Å². The van der Waals surface area contributed by atoms with Crippen molar-refractivity contribution in [2.24, 2.45) is 0 Å². The van der Waals surface area contributed by atoms with E-state index >= 15 is 0 Å². The lowest BCUT2D eigenvalue weighted by Gasteiger charge is -2.17. The highest BCUT2D eigenvalue weighted by molar-refractivity contribution is 5.94. The van der Waals surface area contributed by atoms with E-state index in [4.69, 9.17) is 0 Å². The van der Waals surface area contributed by atoms with E-state index in [1.54, 1.807) is 18.1 Å². The van der Waals surface area contributed by atoms with Crippen LogP contribution in [0.2, 0.25) is 0 Å². The SMILES string of the molecule is CCCc1ncncc1C(=O)N(C)Cc1nc2ccc(C)cc2[nH]1. The Balaban J connectivity index is 1.80. The van der Waals surface area contributed by atoms with Crippen LogP contribution in [0.3, 0.4) is 0 Å². The van der Waals surface area contributed by atoms with E-state index in [2.05, 4.69) is 32.9 Å². The van der Waals surface area contributed by atoms with Gasteiger partial charge >= 0.3 is 0 Å². The Hall–Kier alpha value is -2.76. The molecule has 0 atom stereocenters. The van der Waals surface area contributed by atoms with Crippen LogP contribution in [0.15, 0.2) is 30.7 Å². The van der Waals surface area contributed by atoms with Gasteiger partial charge in [-0.15, -0.1) is 0 Å². The minimum atomic E-state index is -0.0873. The maximum atomic E-state index is 12.7. The van der Waals surface area contributed by atoms with Gasteiger partial charge in [0.15, 0.2) is 0 Å². The lowest BCUT2D eigenvalue weighted by atomic mass is 10.1. The largest absolute Gasteiger partial charge is 0.340 e. The third kappa shape index (κ3) is 3.27. The highest BCUT2D eigenvalue weighted by Crippen LogP contribution is 2.15. The number of hydrogen-bond acceptors (Lipinski definition) is 4. The van der Waals surface area contributed by atoms with Gasteiger partial charge in [-0.1, -0.05) is 19.4 Å². The normalized spacial score (nSPS) is 11.0. The van der Waals surface area contributed by atoms with Gasteiger partial charge in [-0.05, 0) is 31.0 Å². The predicted molar refractivity (Wildman–Crippen MR) is 92.7 cm³/mol. The van der Waals surface area contributed by atoms with E-state index in [0.29, 0.717) is 12.1 Å². The molecule has 0 bridgehead atoms. The van der Waals surface area contributed by atoms with E-state index in [9.17, 15) is 4.79 Å². The van der Waals surface area contributed by atoms with Crippen molar-refractivity contribution in [2.45, 2.75) is 33.2 Å². The number of imidazole rings is 1. The molecule has 124 valence electrons. The number of aryl methyl sites for hydroxylation is 2. The fourth-order valence-electron chi connectivity index (χ4n) is 2.72. The number of aromatic nitrogens is 4. The van der Waals surface area contributed by atoms with E-state index in [1.165, 1.54) is 11.9 Å². The molecule has 0 radical (unpaired) electrons. The van der Waals surface area contributed by atoms with Gasteiger partial charge in [0, 0.05) is 13.2 Å². The van der Waals surface area contributed by atoms with Gasteiger partial charge in [0.1, 0.15) is 12.2 Å². The highest BCUT2D eigenvalue weighted by Gasteiger charge is 2.18. The Kier molecular flexibility index (Phi) is 4.55. The fraction of sp³-hybridized carbons (Fsp3) is 0.333. The molecule has 0 aliphatic carbocycles. The highest BCUT2D eigenvalue weighted by atomic mass is 16.2. The first-order chi connectivity index (χ1) is 11.6. The summed E-state index contributed by atoms with van der Waals surface area (Å²) in [5, 5.41) is 0. The first-order valence-corrected chi connectivity index (χ1v) is 8.08. The molecule has 1 amide bonds. The lowest BCUT2D eigenvalue weighted by Crippen LogP contribution is -2.28. The van der Waals surface area contributed by atoms with Crippen LogP contribution in [-0.4, -0.2) is 37.8 Å². The second kappa shape index (κ2) is 6.78. The van der Waals surface area contributed by atoms with Crippen LogP contribution >= 0.6 is 0 Å². The summed E-state index contributed by atoms with van der Waals surface area (Å²) in [5.74, 6) is 0.677. The molecule has 1 N–H and O–H groups in total. The standard InChI is InChI=1S/C18H21N5O/c1-4-5-14-13(9-19-11-20-14)18(24)23(3)10-17-21-15-7-6-12(2)8-16(15)22-17/h6-9,11H,4-5,10H2,1-3H3,(H,21,22). The molecule has 3 rings (SSSR count). The van der Waals surface area contributed by atoms with Crippen LogP contribution in [0.25, 0.3) is 11.0 Å². The van der Waals surface area contributed by atoms with Crippen LogP contribution in [-0.2, 0) is 13.0 Å². The minimum absolute atomic E-state index is 0.0873. The lowest BCUT2D eigenvalue weighted by molar-refractivity contribution is 0.0780. The van der Waals surface area contributed by atoms with E-state index in [-0.39, 0.29) is 5.91 Å². The number of nitrogens with zero attached hydrogens (tertiary/aromatic N) is 4. The maximum absolute atomic E-state index is 12.7. The molecule has 0 fully saturated rings. The van der Waals surface area contributed by atoms with Crippen molar-refractivity contribution in [3.05, 3.63) is 53.4 Å². The number of rotatable bonds is 5. The zero-order valence-electron chi connectivity index (χ0n) is 14.2. The molecular weight excluding hydrogens is 302 g/mol. The topological polar surface area (TPSA) is 74.8 Å². The molecule has 2 heterocycles. The van der Waals surface area contributed by atoms with Crippen molar-refractivity contribution in [3.63, 3.8) is 0 Å². The molecule has 6 heteroatoms. The summed E-state index contributed by atoms with van der Waals surface area (Å²) in [6.07, 6.45) is 4.79. The second-order valence-electron chi connectivity index (χ2n) is 6.00. The number of hydrogen-bond donors (Lipinski definition) is 1. The monoisotopic (exact) mass is 323 g/mol. The summed E-state index contributed by atoms with van der Waals surface area (Å²) in [5.41, 5.74) is 4.43. The Morgan fingerprint density at radius 2 is 2.17 bits per heavy atom. The average molecular weight is 323 g/mol. The summed E-state index contributed by atoms with van der Waals surface area (Å²) in [7, 11) is 1.77. The number of H-pyrrole nitrogens is 1. The van der Waals surface area contributed by atoms with Crippen LogP contribution in [0.5, 0.6) is 0 Å². The number of fused-ring (bicyclic) bond motifs is 1. The fourth-order valence-corrected chi connectivity index (χ4v) is 2.72. The summed E-state index contributed by atoms with van der Waals surface area (Å²) in [6, 6.07) is 6.06. The Bertz CT molecular complexity index is 871. The van der Waals surface area contributed by atoms with Crippen molar-refractivity contribution >= 4 is 16.9 Å². The molecule has 2 aromatic heterocycles. The third-order valence-electron chi connectivity index (χ3n) is 3.93. The van der Waals surface area contributed by atoms with E-state index in [0.717, 1.165) is 35.4 Å². The van der Waals surface area contributed by atoms with Gasteiger partial charge in [0.05, 0.1) is 28.8 Å². The van der Waals surface area contributed by atoms with Crippen molar-refractivity contribution in [2.75, 3.05) is 7.05 Å². The van der Waals surface area contributed by atoms with Crippen LogP contribution in [0, 0.1) is 6.92 Å². The number of carbonyl (C=O) groups excluding carboxylic acids is 1. The van der Waals surface area contributed by atoms with Gasteiger partial charge in [-0.25, -0.2) is 15.0 Å². The second-order valence-corrected chi connectivity index (χ2v) is 6.00. The van der Waals surface area contributed by atoms with E-state index < -0.39 is 0 Å². The Morgan fingerprint density at radius 3 is 2.96 bits per heavy atom. The first-order valence-electron chi connectivity index (χ1n) is 8.08. The zero-order valence-corrected chi connectivity index (χ0v) is 14.2. The molecule has 3 aromatic rings. The first kappa shape index (κ1) is 16.1. The summed E-state index contributed by atoms with van der Waals surface area (Å²) in [6.45, 7) is 4.52. The van der Waals surface area contributed by atoms with Crippen LogP contribution < -0.4 is 0 Å². The molecule has 6 nitrogen and oxygen atoms in total. The van der Waals surface area contributed by atoms with Gasteiger partial charge in [0.25, 0.3) is 5.91 Å². The van der Waals surface area contributed by atoms with Crippen LogP contribution in [0.4, 0.5) is 0 Å². The van der Waals surface area contributed by atoms with Crippen molar-refractivity contribution in [1.82, 2.24) is 24.8 Å². The average Bonchev–Trinajstić information content (AvgIpc) is 2.96. The maximum Gasteiger partial charge on any atom is 0.257 e. The Morgan fingerprint density at radius 1 is 1.33 bits per heavy atom. The summed E-state index contributed by atoms with van der Waals surface area (Å²) >= 11 is 0. The van der Waals surface area contributed by atoms with Crippen molar-refractivity contribution < 1.29 is 4.79 Å². The molecule has 1 aromatic carbocycles. The molecule has 0 saturated carbocycles. The number of nitrogens with one attached hydrogen (secondary N) is 1. The molecule has 0 saturated heterocycles. The molecule has 0 spiro atoms. The Labute approximate surface area is 141 Å². The number of aromatic amines is 1. The molecule has 0 unspecified atom stereocenters. The zero-order chi connectivity index (χ0) is 17.1. The smallest absolute Gasteiger partial charge is 0.257 e. The summed E-state index contributed by atoms with van der Waals surface area (Å²) < 4.78 is 0. The predicted octanol–water partition coefficient (Wildman–Crippen LogP) is 2.89. The molecule has 24 heavy (non-hydrogen) atoms. The van der Waals surface area contributed by atoms with Crippen molar-refractivity contribution in [1.29, 1.82) is 0 Å². The quantitative estimate of drug-likeness (QED) is 0.783. The molecule has 0 aliphatic rings.